The Balaban J connectivity index is 2.03. The molecule has 2 heteroatoms. The summed E-state index contributed by atoms with van der Waals surface area (Å²) in [6.07, 6.45) is 2.32. The Hall–Kier alpha value is -0.970. The van der Waals surface area contributed by atoms with Crippen LogP contribution < -0.4 is 5.32 Å². The highest BCUT2D eigenvalue weighted by atomic mass is 35.5. The standard InChI is InChI=1S/C13H14ClN/c14-13-3-1-2-12(10-13)5-4-11-6-8-15-9-7-11/h1-3,10-11,15H,6-9H2. The first kappa shape index (κ1) is 10.5. The van der Waals surface area contributed by atoms with E-state index in [0.29, 0.717) is 5.92 Å². The molecule has 0 bridgehead atoms. The average molecular weight is 220 g/mol. The number of halogens is 1. The zero-order chi connectivity index (χ0) is 10.5. The van der Waals surface area contributed by atoms with E-state index in [1.165, 1.54) is 0 Å². The summed E-state index contributed by atoms with van der Waals surface area (Å²) in [7, 11) is 0. The van der Waals surface area contributed by atoms with Gasteiger partial charge in [0.05, 0.1) is 0 Å². The second-order valence-electron chi connectivity index (χ2n) is 3.80. The van der Waals surface area contributed by atoms with Crippen molar-refractivity contribution in [3.63, 3.8) is 0 Å². The van der Waals surface area contributed by atoms with E-state index >= 15 is 0 Å². The van der Waals surface area contributed by atoms with Crippen molar-refractivity contribution in [2.24, 2.45) is 5.92 Å². The molecule has 15 heavy (non-hydrogen) atoms. The molecule has 1 aliphatic rings. The predicted octanol–water partition coefficient (Wildman–Crippen LogP) is 2.69. The topological polar surface area (TPSA) is 12.0 Å². The van der Waals surface area contributed by atoms with E-state index in [1.54, 1.807) is 0 Å². The predicted molar refractivity (Wildman–Crippen MR) is 63.9 cm³/mol. The molecule has 1 saturated heterocycles. The number of hydrogen-bond acceptors (Lipinski definition) is 1. The van der Waals surface area contributed by atoms with Crippen LogP contribution in [0.15, 0.2) is 24.3 Å². The van der Waals surface area contributed by atoms with Gasteiger partial charge in [-0.25, -0.2) is 0 Å². The third-order valence-corrected chi connectivity index (χ3v) is 2.82. The third-order valence-electron chi connectivity index (χ3n) is 2.58. The molecule has 78 valence electrons. The third kappa shape index (κ3) is 3.27. The maximum atomic E-state index is 5.89. The molecule has 0 aromatic heterocycles. The minimum absolute atomic E-state index is 0.547. The molecule has 1 heterocycles. The van der Waals surface area contributed by atoms with Crippen LogP contribution in [-0.4, -0.2) is 13.1 Å². The Kier molecular flexibility index (Phi) is 3.66. The second kappa shape index (κ2) is 5.21. The smallest absolute Gasteiger partial charge is 0.0418 e. The Bertz CT molecular complexity index is 383. The molecule has 0 unspecified atom stereocenters. The van der Waals surface area contributed by atoms with Gasteiger partial charge in [-0.15, -0.1) is 0 Å². The van der Waals surface area contributed by atoms with Crippen molar-refractivity contribution in [1.29, 1.82) is 0 Å². The molecule has 2 rings (SSSR count). The lowest BCUT2D eigenvalue weighted by Crippen LogP contribution is -2.26. The van der Waals surface area contributed by atoms with Crippen molar-refractivity contribution >= 4 is 11.6 Å². The summed E-state index contributed by atoms with van der Waals surface area (Å²) in [5, 5.41) is 4.09. The van der Waals surface area contributed by atoms with Crippen molar-refractivity contribution in [3.8, 4) is 11.8 Å². The highest BCUT2D eigenvalue weighted by Crippen LogP contribution is 2.12. The normalized spacial score (nSPS) is 16.9. The summed E-state index contributed by atoms with van der Waals surface area (Å²) < 4.78 is 0. The van der Waals surface area contributed by atoms with Crippen LogP contribution in [0.2, 0.25) is 5.02 Å². The molecule has 0 atom stereocenters. The van der Waals surface area contributed by atoms with Crippen LogP contribution in [0.5, 0.6) is 0 Å². The molecular weight excluding hydrogens is 206 g/mol. The first-order valence-corrected chi connectivity index (χ1v) is 5.70. The number of piperidine rings is 1. The number of nitrogens with one attached hydrogen (secondary N) is 1. The van der Waals surface area contributed by atoms with Crippen molar-refractivity contribution in [1.82, 2.24) is 5.32 Å². The lowest BCUT2D eigenvalue weighted by Gasteiger charge is -2.17. The molecule has 0 radical (unpaired) electrons. The summed E-state index contributed by atoms with van der Waals surface area (Å²) in [5.74, 6) is 7.06. The molecular formula is C13H14ClN. The van der Waals surface area contributed by atoms with Gasteiger partial charge in [-0.1, -0.05) is 29.5 Å². The Morgan fingerprint density at radius 2 is 2.07 bits per heavy atom. The molecule has 1 aliphatic heterocycles. The van der Waals surface area contributed by atoms with Gasteiger partial charge in [0.2, 0.25) is 0 Å². The highest BCUT2D eigenvalue weighted by Gasteiger charge is 2.08. The van der Waals surface area contributed by atoms with Gasteiger partial charge in [0.1, 0.15) is 0 Å². The summed E-state index contributed by atoms with van der Waals surface area (Å²) in [5.41, 5.74) is 1.01. The monoisotopic (exact) mass is 219 g/mol. The molecule has 0 spiro atoms. The van der Waals surface area contributed by atoms with Crippen LogP contribution in [0.4, 0.5) is 0 Å². The zero-order valence-electron chi connectivity index (χ0n) is 8.59. The second-order valence-corrected chi connectivity index (χ2v) is 4.24. The van der Waals surface area contributed by atoms with E-state index in [9.17, 15) is 0 Å². The zero-order valence-corrected chi connectivity index (χ0v) is 9.35. The van der Waals surface area contributed by atoms with E-state index in [0.717, 1.165) is 36.5 Å². The molecule has 1 nitrogen and oxygen atoms in total. The van der Waals surface area contributed by atoms with E-state index in [2.05, 4.69) is 17.2 Å². The summed E-state index contributed by atoms with van der Waals surface area (Å²) in [6, 6.07) is 7.72. The first-order chi connectivity index (χ1) is 7.34. The highest BCUT2D eigenvalue weighted by molar-refractivity contribution is 6.30. The van der Waals surface area contributed by atoms with Gasteiger partial charge < -0.3 is 5.32 Å². The number of hydrogen-bond donors (Lipinski definition) is 1. The van der Waals surface area contributed by atoms with Gasteiger partial charge in [0.15, 0.2) is 0 Å². The van der Waals surface area contributed by atoms with Gasteiger partial charge in [0, 0.05) is 16.5 Å². The Morgan fingerprint density at radius 1 is 1.27 bits per heavy atom. The Labute approximate surface area is 95.8 Å². The summed E-state index contributed by atoms with van der Waals surface area (Å²) in [4.78, 5) is 0. The molecule has 0 saturated carbocycles. The van der Waals surface area contributed by atoms with E-state index in [-0.39, 0.29) is 0 Å². The maximum Gasteiger partial charge on any atom is 0.0418 e. The summed E-state index contributed by atoms with van der Waals surface area (Å²) in [6.45, 7) is 2.18. The fourth-order valence-electron chi connectivity index (χ4n) is 1.72. The SMILES string of the molecule is Clc1cccc(C#CC2CCNCC2)c1. The van der Waals surface area contributed by atoms with Gasteiger partial charge in [-0.2, -0.15) is 0 Å². The summed E-state index contributed by atoms with van der Waals surface area (Å²) >= 11 is 5.89. The van der Waals surface area contributed by atoms with E-state index in [4.69, 9.17) is 11.6 Å². The molecule has 1 aromatic rings. The molecule has 0 amide bonds. The Morgan fingerprint density at radius 3 is 2.80 bits per heavy atom. The lowest BCUT2D eigenvalue weighted by atomic mass is 9.98. The lowest BCUT2D eigenvalue weighted by molar-refractivity contribution is 0.447. The van der Waals surface area contributed by atoms with Crippen molar-refractivity contribution in [2.75, 3.05) is 13.1 Å². The van der Waals surface area contributed by atoms with Crippen LogP contribution in [-0.2, 0) is 0 Å². The van der Waals surface area contributed by atoms with E-state index in [1.807, 2.05) is 24.3 Å². The maximum absolute atomic E-state index is 5.89. The minimum atomic E-state index is 0.547. The largest absolute Gasteiger partial charge is 0.317 e. The fraction of sp³-hybridized carbons (Fsp3) is 0.385. The van der Waals surface area contributed by atoms with Gasteiger partial charge in [0.25, 0.3) is 0 Å². The van der Waals surface area contributed by atoms with Crippen molar-refractivity contribution in [2.45, 2.75) is 12.8 Å². The minimum Gasteiger partial charge on any atom is -0.317 e. The molecule has 1 aromatic carbocycles. The van der Waals surface area contributed by atoms with Crippen LogP contribution in [0.25, 0.3) is 0 Å². The molecule has 1 fully saturated rings. The molecule has 0 aliphatic carbocycles. The van der Waals surface area contributed by atoms with Crippen LogP contribution in [0.3, 0.4) is 0 Å². The van der Waals surface area contributed by atoms with Gasteiger partial charge in [-0.3, -0.25) is 0 Å². The average Bonchev–Trinajstić information content (AvgIpc) is 2.28. The van der Waals surface area contributed by atoms with Crippen LogP contribution >= 0.6 is 11.6 Å². The first-order valence-electron chi connectivity index (χ1n) is 5.32. The quantitative estimate of drug-likeness (QED) is 0.662. The number of rotatable bonds is 0. The van der Waals surface area contributed by atoms with Crippen LogP contribution in [0.1, 0.15) is 18.4 Å². The van der Waals surface area contributed by atoms with Gasteiger partial charge in [-0.05, 0) is 44.1 Å². The number of benzene rings is 1. The van der Waals surface area contributed by atoms with Crippen LogP contribution in [0, 0.1) is 17.8 Å². The molecule has 1 N–H and O–H groups in total. The fourth-order valence-corrected chi connectivity index (χ4v) is 1.91. The van der Waals surface area contributed by atoms with E-state index < -0.39 is 0 Å². The van der Waals surface area contributed by atoms with Gasteiger partial charge >= 0.3 is 0 Å². The van der Waals surface area contributed by atoms with Crippen molar-refractivity contribution in [3.05, 3.63) is 34.9 Å². The van der Waals surface area contributed by atoms with Crippen molar-refractivity contribution < 1.29 is 0 Å².